The average Bonchev–Trinajstić information content (AvgIpc) is 2.78. The van der Waals surface area contributed by atoms with Gasteiger partial charge in [-0.3, -0.25) is 4.98 Å². The number of aromatic nitrogens is 1. The fourth-order valence-corrected chi connectivity index (χ4v) is 3.50. The van der Waals surface area contributed by atoms with Gasteiger partial charge in [0.25, 0.3) is 0 Å². The summed E-state index contributed by atoms with van der Waals surface area (Å²) >= 11 is 0. The summed E-state index contributed by atoms with van der Waals surface area (Å²) in [5, 5.41) is 0. The highest BCUT2D eigenvalue weighted by Crippen LogP contribution is 2.27. The van der Waals surface area contributed by atoms with Gasteiger partial charge >= 0.3 is 6.18 Å². The Hall–Kier alpha value is -3.20. The summed E-state index contributed by atoms with van der Waals surface area (Å²) in [6.45, 7) is 2.19. The van der Waals surface area contributed by atoms with Crippen molar-refractivity contribution in [2.45, 2.75) is 51.6 Å². The average molecular weight is 457 g/mol. The van der Waals surface area contributed by atoms with Gasteiger partial charge in [0.1, 0.15) is 11.6 Å². The van der Waals surface area contributed by atoms with Crippen molar-refractivity contribution in [1.82, 2.24) is 4.98 Å². The highest BCUT2D eigenvalue weighted by molar-refractivity contribution is 5.69. The molecule has 0 aliphatic carbocycles. The van der Waals surface area contributed by atoms with Crippen LogP contribution in [0.3, 0.4) is 0 Å². The molecule has 0 atom stereocenters. The first kappa shape index (κ1) is 24.4. The SMILES string of the molecule is CCCCCCCc1ccc(-c2ccc(-c3cc(F)c(C#CC(F)(F)F)c(F)c3)cc2)nc1. The number of rotatable bonds is 8. The van der Waals surface area contributed by atoms with Gasteiger partial charge in [-0.15, -0.1) is 0 Å². The number of benzene rings is 2. The number of hydrogen-bond acceptors (Lipinski definition) is 1. The first-order valence-corrected chi connectivity index (χ1v) is 10.9. The molecule has 172 valence electrons. The molecule has 0 aliphatic heterocycles. The van der Waals surface area contributed by atoms with Crippen molar-refractivity contribution in [3.63, 3.8) is 0 Å². The highest BCUT2D eigenvalue weighted by atomic mass is 19.4. The Labute approximate surface area is 190 Å². The zero-order valence-corrected chi connectivity index (χ0v) is 18.3. The molecule has 1 aromatic heterocycles. The molecule has 0 bridgehead atoms. The molecular formula is C27H24F5N. The predicted octanol–water partition coefficient (Wildman–Crippen LogP) is 8.12. The van der Waals surface area contributed by atoms with Gasteiger partial charge in [-0.1, -0.05) is 68.9 Å². The van der Waals surface area contributed by atoms with E-state index in [0.717, 1.165) is 42.2 Å². The topological polar surface area (TPSA) is 12.9 Å². The van der Waals surface area contributed by atoms with Crippen molar-refractivity contribution in [2.24, 2.45) is 0 Å². The maximum Gasteiger partial charge on any atom is 0.458 e. The normalized spacial score (nSPS) is 11.2. The molecule has 2 aromatic carbocycles. The van der Waals surface area contributed by atoms with E-state index in [-0.39, 0.29) is 5.56 Å². The van der Waals surface area contributed by atoms with Crippen molar-refractivity contribution in [2.75, 3.05) is 0 Å². The largest absolute Gasteiger partial charge is 0.458 e. The Balaban J connectivity index is 1.70. The van der Waals surface area contributed by atoms with E-state index >= 15 is 0 Å². The van der Waals surface area contributed by atoms with Gasteiger partial charge in [-0.25, -0.2) is 8.78 Å². The molecule has 0 N–H and O–H groups in total. The van der Waals surface area contributed by atoms with Crippen molar-refractivity contribution in [3.8, 4) is 34.2 Å². The summed E-state index contributed by atoms with van der Waals surface area (Å²) in [4.78, 5) is 4.52. The lowest BCUT2D eigenvalue weighted by Gasteiger charge is -2.07. The maximum absolute atomic E-state index is 14.2. The third-order valence-corrected chi connectivity index (χ3v) is 5.28. The van der Waals surface area contributed by atoms with Crippen LogP contribution in [0.2, 0.25) is 0 Å². The van der Waals surface area contributed by atoms with E-state index in [9.17, 15) is 22.0 Å². The standard InChI is InChI=1S/C27H24F5N/c1-2-3-4-5-6-7-19-8-13-26(33-18-19)21-11-9-20(10-12-21)22-16-24(28)23(25(29)17-22)14-15-27(30,31)32/h8-13,16-18H,2-7H2,1H3. The second-order valence-corrected chi connectivity index (χ2v) is 7.86. The molecule has 0 unspecified atom stereocenters. The van der Waals surface area contributed by atoms with Crippen LogP contribution >= 0.6 is 0 Å². The van der Waals surface area contributed by atoms with E-state index in [1.165, 1.54) is 37.2 Å². The Morgan fingerprint density at radius 2 is 1.42 bits per heavy atom. The molecule has 0 radical (unpaired) electrons. The van der Waals surface area contributed by atoms with Gasteiger partial charge in [-0.2, -0.15) is 13.2 Å². The summed E-state index contributed by atoms with van der Waals surface area (Å²) in [5.74, 6) is 0.132. The molecule has 3 rings (SSSR count). The van der Waals surface area contributed by atoms with Gasteiger partial charge in [0.05, 0.1) is 11.3 Å². The number of unbranched alkanes of at least 4 members (excludes halogenated alkanes) is 4. The second kappa shape index (κ2) is 11.1. The second-order valence-electron chi connectivity index (χ2n) is 7.86. The first-order valence-electron chi connectivity index (χ1n) is 10.9. The summed E-state index contributed by atoms with van der Waals surface area (Å²) in [6.07, 6.45) is 4.15. The molecule has 1 nitrogen and oxygen atoms in total. The van der Waals surface area contributed by atoms with Crippen LogP contribution in [-0.4, -0.2) is 11.2 Å². The van der Waals surface area contributed by atoms with Crippen LogP contribution in [0.25, 0.3) is 22.4 Å². The quantitative estimate of drug-likeness (QED) is 0.189. The van der Waals surface area contributed by atoms with Crippen LogP contribution in [0.5, 0.6) is 0 Å². The van der Waals surface area contributed by atoms with Crippen LogP contribution in [-0.2, 0) is 6.42 Å². The van der Waals surface area contributed by atoms with Crippen LogP contribution in [0.4, 0.5) is 22.0 Å². The van der Waals surface area contributed by atoms with Crippen molar-refractivity contribution in [3.05, 3.63) is 77.5 Å². The highest BCUT2D eigenvalue weighted by Gasteiger charge is 2.23. The lowest BCUT2D eigenvalue weighted by atomic mass is 10.0. The summed E-state index contributed by atoms with van der Waals surface area (Å²) < 4.78 is 65.0. The van der Waals surface area contributed by atoms with Crippen LogP contribution in [0, 0.1) is 23.5 Å². The minimum absolute atomic E-state index is 0.209. The van der Waals surface area contributed by atoms with Crippen LogP contribution in [0.15, 0.2) is 54.7 Å². The zero-order chi connectivity index (χ0) is 23.8. The van der Waals surface area contributed by atoms with E-state index in [0.29, 0.717) is 5.56 Å². The van der Waals surface area contributed by atoms with Crippen molar-refractivity contribution in [1.29, 1.82) is 0 Å². The van der Waals surface area contributed by atoms with E-state index < -0.39 is 23.4 Å². The smallest absolute Gasteiger partial charge is 0.256 e. The number of hydrogen-bond donors (Lipinski definition) is 0. The molecule has 6 heteroatoms. The fraction of sp³-hybridized carbons (Fsp3) is 0.296. The number of halogens is 5. The first-order chi connectivity index (χ1) is 15.8. The molecule has 33 heavy (non-hydrogen) atoms. The molecule has 0 saturated heterocycles. The lowest BCUT2D eigenvalue weighted by Crippen LogP contribution is -2.02. The number of aryl methyl sites for hydroxylation is 1. The van der Waals surface area contributed by atoms with Gasteiger partial charge in [0.2, 0.25) is 0 Å². The molecule has 0 spiro atoms. The van der Waals surface area contributed by atoms with Gasteiger partial charge < -0.3 is 0 Å². The molecule has 3 aromatic rings. The zero-order valence-electron chi connectivity index (χ0n) is 18.3. The minimum Gasteiger partial charge on any atom is -0.256 e. The maximum atomic E-state index is 14.2. The Kier molecular flexibility index (Phi) is 8.21. The molecule has 0 aliphatic rings. The van der Waals surface area contributed by atoms with E-state index in [4.69, 9.17) is 0 Å². The Bertz CT molecular complexity index is 1100. The fourth-order valence-electron chi connectivity index (χ4n) is 3.50. The van der Waals surface area contributed by atoms with E-state index in [1.807, 2.05) is 12.3 Å². The predicted molar refractivity (Wildman–Crippen MR) is 120 cm³/mol. The molecule has 1 heterocycles. The summed E-state index contributed by atoms with van der Waals surface area (Å²) in [6, 6.07) is 12.9. The Morgan fingerprint density at radius 3 is 2.00 bits per heavy atom. The molecule has 0 amide bonds. The summed E-state index contributed by atoms with van der Waals surface area (Å²) in [7, 11) is 0. The van der Waals surface area contributed by atoms with Crippen LogP contribution in [0.1, 0.15) is 50.2 Å². The number of nitrogens with zero attached hydrogens (tertiary/aromatic N) is 1. The lowest BCUT2D eigenvalue weighted by molar-refractivity contribution is -0.0696. The van der Waals surface area contributed by atoms with Gasteiger partial charge in [0.15, 0.2) is 0 Å². The number of alkyl halides is 3. The summed E-state index contributed by atoms with van der Waals surface area (Å²) in [5.41, 5.74) is 2.65. The van der Waals surface area contributed by atoms with Crippen molar-refractivity contribution >= 4 is 0 Å². The third kappa shape index (κ3) is 7.15. The third-order valence-electron chi connectivity index (χ3n) is 5.28. The monoisotopic (exact) mass is 457 g/mol. The number of pyridine rings is 1. The van der Waals surface area contributed by atoms with Crippen LogP contribution < -0.4 is 0 Å². The molecule has 0 fully saturated rings. The minimum atomic E-state index is -4.83. The Morgan fingerprint density at radius 1 is 0.788 bits per heavy atom. The van der Waals surface area contributed by atoms with Gasteiger partial charge in [0, 0.05) is 17.7 Å². The van der Waals surface area contributed by atoms with Gasteiger partial charge in [-0.05, 0) is 47.7 Å². The molecular weight excluding hydrogens is 433 g/mol. The van der Waals surface area contributed by atoms with Crippen molar-refractivity contribution < 1.29 is 22.0 Å². The molecule has 0 saturated carbocycles. The van der Waals surface area contributed by atoms with E-state index in [1.54, 1.807) is 24.3 Å². The van der Waals surface area contributed by atoms with E-state index in [2.05, 4.69) is 18.0 Å².